The zero-order chi connectivity index (χ0) is 19.0. The molecule has 3 aromatic rings. The van der Waals surface area contributed by atoms with Crippen molar-refractivity contribution >= 4 is 17.5 Å². The molecule has 1 saturated heterocycles. The Balaban J connectivity index is 1.54. The highest BCUT2D eigenvalue weighted by Gasteiger charge is 2.29. The van der Waals surface area contributed by atoms with E-state index >= 15 is 0 Å². The number of carbonyl (C=O) groups excluding carboxylic acids is 2. The van der Waals surface area contributed by atoms with Crippen LogP contribution in [0, 0.1) is 5.82 Å². The molecule has 0 radical (unpaired) electrons. The van der Waals surface area contributed by atoms with Crippen LogP contribution in [0.3, 0.4) is 0 Å². The predicted octanol–water partition coefficient (Wildman–Crippen LogP) is 2.23. The fourth-order valence-corrected chi connectivity index (χ4v) is 3.36. The number of aromatic nitrogens is 2. The number of rotatable bonds is 3. The van der Waals surface area contributed by atoms with E-state index < -0.39 is 5.82 Å². The number of piperazine rings is 1. The SMILES string of the molecule is CCc1nc2ccc(F)cn2c1C(=O)N1CCN(C(=O)c2ccco2)CC1. The molecule has 2 amide bonds. The van der Waals surface area contributed by atoms with Gasteiger partial charge in [0, 0.05) is 32.4 Å². The Bertz CT molecular complexity index is 988. The maximum atomic E-state index is 13.7. The van der Waals surface area contributed by atoms with Crippen LogP contribution < -0.4 is 0 Å². The van der Waals surface area contributed by atoms with Crippen molar-refractivity contribution in [3.05, 3.63) is 59.7 Å². The summed E-state index contributed by atoms with van der Waals surface area (Å²) in [4.78, 5) is 33.2. The lowest BCUT2D eigenvalue weighted by molar-refractivity contribution is 0.0514. The number of furan rings is 1. The average molecular weight is 370 g/mol. The maximum absolute atomic E-state index is 13.7. The van der Waals surface area contributed by atoms with Gasteiger partial charge in [-0.2, -0.15) is 0 Å². The van der Waals surface area contributed by atoms with Gasteiger partial charge in [0.15, 0.2) is 5.76 Å². The second-order valence-electron chi connectivity index (χ2n) is 6.40. The minimum absolute atomic E-state index is 0.182. The number of halogens is 1. The molecule has 27 heavy (non-hydrogen) atoms. The standard InChI is InChI=1S/C19H19FN4O3/c1-2-14-17(24-12-13(20)5-6-16(24)21-14)19(26)23-9-7-22(8-10-23)18(25)15-4-3-11-27-15/h3-6,11-12H,2,7-10H2,1H3. The molecule has 0 unspecified atom stereocenters. The van der Waals surface area contributed by atoms with Gasteiger partial charge >= 0.3 is 0 Å². The van der Waals surface area contributed by atoms with Crippen LogP contribution in [-0.2, 0) is 6.42 Å². The number of nitrogens with zero attached hydrogens (tertiary/aromatic N) is 4. The summed E-state index contributed by atoms with van der Waals surface area (Å²) in [5.74, 6) is -0.515. The lowest BCUT2D eigenvalue weighted by Gasteiger charge is -2.34. The fourth-order valence-electron chi connectivity index (χ4n) is 3.36. The summed E-state index contributed by atoms with van der Waals surface area (Å²) in [5.41, 5.74) is 1.57. The molecule has 0 aliphatic carbocycles. The first kappa shape index (κ1) is 17.3. The van der Waals surface area contributed by atoms with E-state index in [1.54, 1.807) is 28.0 Å². The smallest absolute Gasteiger partial charge is 0.289 e. The summed E-state index contributed by atoms with van der Waals surface area (Å²) in [6, 6.07) is 6.18. The van der Waals surface area contributed by atoms with Gasteiger partial charge in [-0.15, -0.1) is 0 Å². The highest BCUT2D eigenvalue weighted by atomic mass is 19.1. The third kappa shape index (κ3) is 3.07. The third-order valence-electron chi connectivity index (χ3n) is 4.78. The van der Waals surface area contributed by atoms with Crippen LogP contribution in [0.25, 0.3) is 5.65 Å². The molecular formula is C19H19FN4O3. The summed E-state index contributed by atoms with van der Waals surface area (Å²) in [6.45, 7) is 3.54. The number of carbonyl (C=O) groups is 2. The molecule has 0 spiro atoms. The summed E-state index contributed by atoms with van der Waals surface area (Å²) < 4.78 is 20.3. The molecule has 1 aliphatic rings. The van der Waals surface area contributed by atoms with Crippen LogP contribution in [0.5, 0.6) is 0 Å². The van der Waals surface area contributed by atoms with Crippen molar-refractivity contribution in [2.45, 2.75) is 13.3 Å². The zero-order valence-corrected chi connectivity index (χ0v) is 14.9. The molecule has 0 atom stereocenters. The summed E-state index contributed by atoms with van der Waals surface area (Å²) in [5, 5.41) is 0. The monoisotopic (exact) mass is 370 g/mol. The average Bonchev–Trinajstić information content (AvgIpc) is 3.34. The second-order valence-corrected chi connectivity index (χ2v) is 6.40. The van der Waals surface area contributed by atoms with Crippen molar-refractivity contribution < 1.29 is 18.4 Å². The first-order valence-electron chi connectivity index (χ1n) is 8.87. The first-order chi connectivity index (χ1) is 13.1. The minimum Gasteiger partial charge on any atom is -0.459 e. The number of hydrogen-bond acceptors (Lipinski definition) is 4. The topological polar surface area (TPSA) is 71.1 Å². The van der Waals surface area contributed by atoms with E-state index in [0.717, 1.165) is 0 Å². The van der Waals surface area contributed by atoms with E-state index in [0.29, 0.717) is 55.4 Å². The van der Waals surface area contributed by atoms with E-state index in [-0.39, 0.29) is 11.8 Å². The molecular weight excluding hydrogens is 351 g/mol. The van der Waals surface area contributed by atoms with E-state index in [1.165, 1.54) is 22.9 Å². The maximum Gasteiger partial charge on any atom is 0.289 e. The van der Waals surface area contributed by atoms with Gasteiger partial charge in [0.05, 0.1) is 12.0 Å². The van der Waals surface area contributed by atoms with Crippen LogP contribution in [0.15, 0.2) is 41.1 Å². The Labute approximate surface area is 155 Å². The van der Waals surface area contributed by atoms with Crippen molar-refractivity contribution in [2.75, 3.05) is 26.2 Å². The Morgan fingerprint density at radius 2 is 1.81 bits per heavy atom. The van der Waals surface area contributed by atoms with Crippen molar-refractivity contribution in [1.29, 1.82) is 0 Å². The highest BCUT2D eigenvalue weighted by molar-refractivity contribution is 5.95. The van der Waals surface area contributed by atoms with Crippen LogP contribution in [0.4, 0.5) is 4.39 Å². The van der Waals surface area contributed by atoms with Gasteiger partial charge < -0.3 is 14.2 Å². The zero-order valence-electron chi connectivity index (χ0n) is 14.9. The van der Waals surface area contributed by atoms with Crippen molar-refractivity contribution in [3.63, 3.8) is 0 Å². The number of hydrogen-bond donors (Lipinski definition) is 0. The van der Waals surface area contributed by atoms with E-state index in [4.69, 9.17) is 4.42 Å². The van der Waals surface area contributed by atoms with Gasteiger partial charge in [-0.1, -0.05) is 6.92 Å². The van der Waals surface area contributed by atoms with Crippen molar-refractivity contribution in [1.82, 2.24) is 19.2 Å². The number of imidazole rings is 1. The minimum atomic E-state index is -0.425. The molecule has 0 N–H and O–H groups in total. The molecule has 8 heteroatoms. The second kappa shape index (κ2) is 6.86. The summed E-state index contributed by atoms with van der Waals surface area (Å²) >= 11 is 0. The largest absolute Gasteiger partial charge is 0.459 e. The summed E-state index contributed by atoms with van der Waals surface area (Å²) in [6.07, 6.45) is 3.32. The fraction of sp³-hybridized carbons (Fsp3) is 0.316. The Hall–Kier alpha value is -3.16. The van der Waals surface area contributed by atoms with Gasteiger partial charge in [-0.25, -0.2) is 9.37 Å². The predicted molar refractivity (Wildman–Crippen MR) is 95.0 cm³/mol. The molecule has 1 fully saturated rings. The number of aryl methyl sites for hydroxylation is 1. The van der Waals surface area contributed by atoms with Crippen LogP contribution >= 0.6 is 0 Å². The molecule has 7 nitrogen and oxygen atoms in total. The summed E-state index contributed by atoms with van der Waals surface area (Å²) in [7, 11) is 0. The molecule has 0 aromatic carbocycles. The van der Waals surface area contributed by atoms with Gasteiger partial charge in [-0.05, 0) is 30.7 Å². The van der Waals surface area contributed by atoms with Crippen molar-refractivity contribution in [3.8, 4) is 0 Å². The lowest BCUT2D eigenvalue weighted by Crippen LogP contribution is -2.50. The van der Waals surface area contributed by atoms with E-state index in [1.807, 2.05) is 6.92 Å². The molecule has 1 aliphatic heterocycles. The molecule has 4 rings (SSSR count). The molecule has 0 saturated carbocycles. The van der Waals surface area contributed by atoms with E-state index in [9.17, 15) is 14.0 Å². The van der Waals surface area contributed by atoms with Gasteiger partial charge in [0.25, 0.3) is 11.8 Å². The van der Waals surface area contributed by atoms with Crippen molar-refractivity contribution in [2.24, 2.45) is 0 Å². The van der Waals surface area contributed by atoms with E-state index in [2.05, 4.69) is 4.98 Å². The number of amides is 2. The van der Waals surface area contributed by atoms with Crippen LogP contribution in [0.2, 0.25) is 0 Å². The van der Waals surface area contributed by atoms with Gasteiger partial charge in [-0.3, -0.25) is 14.0 Å². The Morgan fingerprint density at radius 1 is 1.11 bits per heavy atom. The quantitative estimate of drug-likeness (QED) is 0.709. The Morgan fingerprint density at radius 3 is 2.44 bits per heavy atom. The molecule has 0 bridgehead atoms. The molecule has 4 heterocycles. The van der Waals surface area contributed by atoms with Gasteiger partial charge in [0.1, 0.15) is 17.2 Å². The Kier molecular flexibility index (Phi) is 4.39. The van der Waals surface area contributed by atoms with Crippen LogP contribution in [0.1, 0.15) is 33.7 Å². The molecule has 140 valence electrons. The highest BCUT2D eigenvalue weighted by Crippen LogP contribution is 2.18. The number of pyridine rings is 1. The normalized spacial score (nSPS) is 14.7. The number of fused-ring (bicyclic) bond motifs is 1. The van der Waals surface area contributed by atoms with Gasteiger partial charge in [0.2, 0.25) is 0 Å². The first-order valence-corrected chi connectivity index (χ1v) is 8.87. The molecule has 3 aromatic heterocycles. The van der Waals surface area contributed by atoms with Crippen LogP contribution in [-0.4, -0.2) is 57.2 Å². The third-order valence-corrected chi connectivity index (χ3v) is 4.78. The lowest BCUT2D eigenvalue weighted by atomic mass is 10.2.